The van der Waals surface area contributed by atoms with Crippen molar-refractivity contribution in [3.63, 3.8) is 0 Å². The van der Waals surface area contributed by atoms with E-state index in [9.17, 15) is 4.21 Å². The number of hydrogen-bond donors (Lipinski definition) is 1. The monoisotopic (exact) mass is 234 g/mol. The van der Waals surface area contributed by atoms with Crippen LogP contribution in [0.3, 0.4) is 0 Å². The van der Waals surface area contributed by atoms with E-state index in [-0.39, 0.29) is 5.75 Å². The van der Waals surface area contributed by atoms with Crippen LogP contribution in [0.15, 0.2) is 24.3 Å². The van der Waals surface area contributed by atoms with Gasteiger partial charge in [0.05, 0.1) is 18.2 Å². The van der Waals surface area contributed by atoms with Crippen molar-refractivity contribution in [3.8, 4) is 5.75 Å². The van der Waals surface area contributed by atoms with Crippen LogP contribution in [0.5, 0.6) is 5.75 Å². The number of rotatable bonds is 4. The number of ether oxygens (including phenoxy) is 1. The average Bonchev–Trinajstić information content (AvgIpc) is 2.17. The van der Waals surface area contributed by atoms with Gasteiger partial charge in [-0.15, -0.1) is 11.6 Å². The number of benzene rings is 1. The lowest BCUT2D eigenvalue weighted by Gasteiger charge is -2.07. The summed E-state index contributed by atoms with van der Waals surface area (Å²) in [5.41, 5.74) is 0.815. The smallest absolute Gasteiger partial charge is 0.154 e. The molecule has 0 radical (unpaired) electrons. The van der Waals surface area contributed by atoms with Gasteiger partial charge < -0.3 is 9.29 Å². The second-order valence-electron chi connectivity index (χ2n) is 2.73. The molecule has 0 aromatic heterocycles. The first-order chi connectivity index (χ1) is 6.63. The normalized spacial score (nSPS) is 14.8. The van der Waals surface area contributed by atoms with Crippen molar-refractivity contribution in [3.05, 3.63) is 29.8 Å². The Balaban J connectivity index is 2.71. The minimum atomic E-state index is -1.87. The van der Waals surface area contributed by atoms with E-state index in [2.05, 4.69) is 0 Å². The Kier molecular flexibility index (Phi) is 4.38. The Hall–Kier alpha value is -0.580. The highest BCUT2D eigenvalue weighted by Gasteiger charge is 2.10. The zero-order valence-corrected chi connectivity index (χ0v) is 9.22. The molecule has 0 bridgehead atoms. The van der Waals surface area contributed by atoms with E-state index >= 15 is 0 Å². The molecule has 0 fully saturated rings. The largest absolute Gasteiger partial charge is 0.497 e. The highest BCUT2D eigenvalue weighted by Crippen LogP contribution is 2.23. The maximum absolute atomic E-state index is 10.5. The van der Waals surface area contributed by atoms with Crippen LogP contribution in [-0.2, 0) is 11.1 Å². The lowest BCUT2D eigenvalue weighted by molar-refractivity contribution is 0.414. The van der Waals surface area contributed by atoms with Crippen LogP contribution in [0.2, 0.25) is 0 Å². The Morgan fingerprint density at radius 3 is 2.50 bits per heavy atom. The number of alkyl halides is 1. The topological polar surface area (TPSA) is 46.5 Å². The Morgan fingerprint density at radius 1 is 1.50 bits per heavy atom. The lowest BCUT2D eigenvalue weighted by Crippen LogP contribution is -2.02. The van der Waals surface area contributed by atoms with E-state index in [1.165, 1.54) is 0 Å². The van der Waals surface area contributed by atoms with Gasteiger partial charge in [-0.2, -0.15) is 0 Å². The third-order valence-electron chi connectivity index (χ3n) is 1.77. The quantitative estimate of drug-likeness (QED) is 0.642. The molecule has 2 atom stereocenters. The third kappa shape index (κ3) is 3.29. The molecule has 0 amide bonds. The molecule has 1 rings (SSSR count). The maximum Gasteiger partial charge on any atom is 0.154 e. The van der Waals surface area contributed by atoms with Gasteiger partial charge >= 0.3 is 0 Å². The minimum absolute atomic E-state index is 0.0356. The lowest BCUT2D eigenvalue weighted by atomic mass is 10.1. The van der Waals surface area contributed by atoms with Crippen molar-refractivity contribution < 1.29 is 13.5 Å². The Morgan fingerprint density at radius 2 is 2.07 bits per heavy atom. The molecule has 14 heavy (non-hydrogen) atoms. The Bertz CT molecular complexity index is 312. The number of methoxy groups -OCH3 is 1. The predicted octanol–water partition coefficient (Wildman–Crippen LogP) is 2.20. The van der Waals surface area contributed by atoms with Crippen LogP contribution in [-0.4, -0.2) is 21.6 Å². The van der Waals surface area contributed by atoms with Gasteiger partial charge in [0.2, 0.25) is 0 Å². The van der Waals surface area contributed by atoms with E-state index in [1.807, 2.05) is 0 Å². The average molecular weight is 235 g/mol. The highest BCUT2D eigenvalue weighted by molar-refractivity contribution is 7.79. The summed E-state index contributed by atoms with van der Waals surface area (Å²) in [4.78, 5) is 0. The van der Waals surface area contributed by atoms with Crippen LogP contribution >= 0.6 is 11.6 Å². The molecule has 0 saturated heterocycles. The fourth-order valence-corrected chi connectivity index (χ4v) is 1.95. The fraction of sp³-hybridized carbons (Fsp3) is 0.333. The summed E-state index contributed by atoms with van der Waals surface area (Å²) in [5.74, 6) is 0.774. The van der Waals surface area contributed by atoms with Crippen LogP contribution in [0.25, 0.3) is 0 Å². The molecular formula is C9H11ClO3S. The standard InChI is InChI=1S/C9H11ClO3S/c1-13-8-4-2-7(3-5-8)9(10)6-14(11)12/h2-5,9H,6H2,1H3,(H,11,12). The molecule has 2 unspecified atom stereocenters. The highest BCUT2D eigenvalue weighted by atomic mass is 35.5. The molecule has 5 heteroatoms. The molecule has 0 aliphatic heterocycles. The second-order valence-corrected chi connectivity index (χ2v) is 4.23. The molecule has 1 aromatic carbocycles. The first kappa shape index (κ1) is 11.5. The number of halogens is 1. The first-order valence-corrected chi connectivity index (χ1v) is 5.70. The van der Waals surface area contributed by atoms with Crippen molar-refractivity contribution in [2.45, 2.75) is 5.38 Å². The minimum Gasteiger partial charge on any atom is -0.497 e. The third-order valence-corrected chi connectivity index (χ3v) is 2.97. The molecule has 1 N–H and O–H groups in total. The van der Waals surface area contributed by atoms with Gasteiger partial charge in [-0.05, 0) is 17.7 Å². The fourth-order valence-electron chi connectivity index (χ4n) is 1.03. The van der Waals surface area contributed by atoms with Crippen molar-refractivity contribution >= 4 is 22.7 Å². The molecular weight excluding hydrogens is 224 g/mol. The number of hydrogen-bond acceptors (Lipinski definition) is 2. The second kappa shape index (κ2) is 5.34. The van der Waals surface area contributed by atoms with Gasteiger partial charge in [-0.3, -0.25) is 0 Å². The van der Waals surface area contributed by atoms with Gasteiger partial charge in [0, 0.05) is 0 Å². The maximum atomic E-state index is 10.5. The van der Waals surface area contributed by atoms with E-state index in [0.717, 1.165) is 11.3 Å². The van der Waals surface area contributed by atoms with E-state index < -0.39 is 16.5 Å². The van der Waals surface area contributed by atoms with Gasteiger partial charge in [0.25, 0.3) is 0 Å². The van der Waals surface area contributed by atoms with Crippen LogP contribution < -0.4 is 4.74 Å². The van der Waals surface area contributed by atoms with Gasteiger partial charge in [0.15, 0.2) is 11.1 Å². The van der Waals surface area contributed by atoms with Crippen LogP contribution in [0, 0.1) is 0 Å². The zero-order chi connectivity index (χ0) is 10.6. The molecule has 0 aliphatic carbocycles. The molecule has 0 saturated carbocycles. The van der Waals surface area contributed by atoms with Crippen molar-refractivity contribution in [2.75, 3.05) is 12.9 Å². The molecule has 78 valence electrons. The summed E-state index contributed by atoms with van der Waals surface area (Å²) in [6.45, 7) is 0. The summed E-state index contributed by atoms with van der Waals surface area (Å²) in [6, 6.07) is 7.10. The van der Waals surface area contributed by atoms with Crippen molar-refractivity contribution in [1.29, 1.82) is 0 Å². The predicted molar refractivity (Wildman–Crippen MR) is 57.2 cm³/mol. The molecule has 0 spiro atoms. The summed E-state index contributed by atoms with van der Waals surface area (Å²) in [5, 5.41) is -0.438. The van der Waals surface area contributed by atoms with Gasteiger partial charge in [0.1, 0.15) is 5.75 Å². The Labute approximate surface area is 90.3 Å². The summed E-state index contributed by atoms with van der Waals surface area (Å²) in [7, 11) is 1.58. The van der Waals surface area contributed by atoms with Gasteiger partial charge in [-0.1, -0.05) is 12.1 Å². The summed E-state index contributed by atoms with van der Waals surface area (Å²) >= 11 is 4.04. The summed E-state index contributed by atoms with van der Waals surface area (Å²) < 4.78 is 24.1. The van der Waals surface area contributed by atoms with E-state index in [0.29, 0.717) is 0 Å². The molecule has 0 aliphatic rings. The SMILES string of the molecule is COc1ccc(C(Cl)CS(=O)O)cc1. The zero-order valence-electron chi connectivity index (χ0n) is 7.64. The van der Waals surface area contributed by atoms with E-state index in [4.69, 9.17) is 20.9 Å². The first-order valence-electron chi connectivity index (χ1n) is 3.99. The van der Waals surface area contributed by atoms with Crippen molar-refractivity contribution in [1.82, 2.24) is 0 Å². The van der Waals surface area contributed by atoms with E-state index in [1.54, 1.807) is 31.4 Å². The van der Waals surface area contributed by atoms with Crippen LogP contribution in [0.4, 0.5) is 0 Å². The molecule has 3 nitrogen and oxygen atoms in total. The molecule has 1 aromatic rings. The van der Waals surface area contributed by atoms with Crippen molar-refractivity contribution in [2.24, 2.45) is 0 Å². The molecule has 0 heterocycles. The summed E-state index contributed by atoms with van der Waals surface area (Å²) in [6.07, 6.45) is 0. The van der Waals surface area contributed by atoms with Crippen LogP contribution in [0.1, 0.15) is 10.9 Å². The van der Waals surface area contributed by atoms with Gasteiger partial charge in [-0.25, -0.2) is 4.21 Å².